The average molecular weight is 1620 g/mol. The molecule has 0 nitrogen and oxygen atoms in total. The van der Waals surface area contributed by atoms with Gasteiger partial charge in [-0.05, 0) is 71.5 Å². The fraction of sp³-hybridized carbons (Fsp3) is 0.0984. The van der Waals surface area contributed by atoms with Gasteiger partial charge in [-0.15, -0.1) is 16.1 Å². The van der Waals surface area contributed by atoms with Gasteiger partial charge in [-0.3, -0.25) is 0 Å². The molecule has 395 valence electrons. The topological polar surface area (TPSA) is 0 Å². The molecule has 0 amide bonds. The predicted octanol–water partition coefficient (Wildman–Crippen LogP) is 14.6. The van der Waals surface area contributed by atoms with Crippen LogP contribution < -0.4 is 47.7 Å². The molecule has 0 saturated carbocycles. The van der Waals surface area contributed by atoms with Gasteiger partial charge in [0.2, 0.25) is 0 Å². The van der Waals surface area contributed by atoms with Crippen molar-refractivity contribution in [1.29, 1.82) is 0 Å². The zero-order chi connectivity index (χ0) is 51.0. The van der Waals surface area contributed by atoms with Crippen LogP contribution in [-0.2, 0) is 67.1 Å². The second-order valence-electron chi connectivity index (χ2n) is 18.4. The zero-order valence-electron chi connectivity index (χ0n) is 42.4. The van der Waals surface area contributed by atoms with Gasteiger partial charge in [-0.25, -0.2) is 0 Å². The van der Waals surface area contributed by atoms with E-state index in [2.05, 4.69) is 318 Å². The smallest absolute Gasteiger partial charge is 0.418 e. The Labute approximate surface area is 492 Å². The van der Waals surface area contributed by atoms with E-state index in [1.165, 1.54) is 47.7 Å². The van der Waals surface area contributed by atoms with Gasteiger partial charge < -0.3 is 22.9 Å². The first-order valence-corrected chi connectivity index (χ1v) is 34.8. The monoisotopic (exact) mass is 1620 g/mol. The van der Waals surface area contributed by atoms with Crippen molar-refractivity contribution in [2.24, 2.45) is 0 Å². The molecule has 74 heavy (non-hydrogen) atoms. The number of hydrogen-bond donors (Lipinski definition) is 0. The molecule has 0 fully saturated rings. The molecule has 0 spiro atoms. The third-order valence-electron chi connectivity index (χ3n) is 10.00. The maximum atomic E-state index is 9.75. The predicted molar refractivity (Wildman–Crippen MR) is 317 cm³/mol. The van der Waals surface area contributed by atoms with Crippen molar-refractivity contribution in [2.45, 2.75) is 39.3 Å². The Bertz CT molecular complexity index is 2210. The van der Waals surface area contributed by atoms with Crippen molar-refractivity contribution >= 4 is 94.9 Å². The van der Waals surface area contributed by atoms with Crippen LogP contribution in [0, 0.1) is 5.67 Å². The molecular weight excluding hydrogens is 1560 g/mol. The molecule has 0 N–H and O–H groups in total. The zero-order valence-corrected chi connectivity index (χ0v) is 53.6. The maximum Gasteiger partial charge on any atom is 1.00 e. The summed E-state index contributed by atoms with van der Waals surface area (Å²) in [7, 11) is -9.05. The minimum Gasteiger partial charge on any atom is -0.418 e. The van der Waals surface area contributed by atoms with E-state index in [4.69, 9.17) is 0 Å². The molecule has 0 aromatic heterocycles. The SMILES string of the molecule is C[Si](C)(C)[CH-][Si](C)(C)C.F[B-](F)(F)F.[Au+].[Au+].[Au].c1ccc(P(c2ccccc2)c2ccccc2)cc1.c1ccc(P(c2ccccc2)c2ccccc2)cc1.c1ccc(P(c2ccccc2)c2ccccc2)cc1. The Morgan fingerprint density at radius 2 is 0.351 bits per heavy atom. The van der Waals surface area contributed by atoms with Gasteiger partial charge in [0, 0.05) is 22.4 Å². The number of hydrogen-bond acceptors (Lipinski definition) is 0. The van der Waals surface area contributed by atoms with Gasteiger partial charge in [0.1, 0.15) is 0 Å². The summed E-state index contributed by atoms with van der Waals surface area (Å²) < 4.78 is 39.0. The van der Waals surface area contributed by atoms with Crippen LogP contribution in [0.2, 0.25) is 39.3 Å². The summed E-state index contributed by atoms with van der Waals surface area (Å²) in [5, 5.41) is 12.6. The van der Waals surface area contributed by atoms with Crippen LogP contribution in [0.25, 0.3) is 0 Å². The average Bonchev–Trinajstić information content (AvgIpc) is 3.36. The molecule has 0 unspecified atom stereocenters. The fourth-order valence-corrected chi connectivity index (χ4v) is 25.1. The summed E-state index contributed by atoms with van der Waals surface area (Å²) in [6, 6.07) is 97.0. The first-order valence-electron chi connectivity index (χ1n) is 23.7. The fourth-order valence-electron chi connectivity index (χ4n) is 7.83. The van der Waals surface area contributed by atoms with Gasteiger partial charge in [-0.2, -0.15) is 0 Å². The Hall–Kier alpha value is -3.29. The van der Waals surface area contributed by atoms with E-state index in [0.717, 1.165) is 0 Å². The number of rotatable bonds is 11. The van der Waals surface area contributed by atoms with Crippen molar-refractivity contribution in [2.75, 3.05) is 0 Å². The summed E-state index contributed by atoms with van der Waals surface area (Å²) >= 11 is 0. The molecular formula is C61H64Au3BF4P3Si2. The van der Waals surface area contributed by atoms with Gasteiger partial charge in [-0.1, -0.05) is 312 Å². The van der Waals surface area contributed by atoms with Crippen molar-refractivity contribution in [3.05, 3.63) is 279 Å². The van der Waals surface area contributed by atoms with Gasteiger partial charge in [0.15, 0.2) is 0 Å². The van der Waals surface area contributed by atoms with Gasteiger partial charge in [0.05, 0.1) is 0 Å². The standard InChI is InChI=1S/3C18H15P.C7H19Si2.3Au.BF4/c3*1-4-10-16(11-5-1)19(17-12-6-2-7-13-17)18-14-8-3-9-15-18;1-8(2,3)7-9(4,5)6;;;;2-1(3,4)5/h3*1-15H;7H,1-6H3;;;;/q;;;-1;;2*+1;-1. The summed E-state index contributed by atoms with van der Waals surface area (Å²) in [4.78, 5) is 0. The molecule has 13 heteroatoms. The van der Waals surface area contributed by atoms with Crippen LogP contribution in [0.3, 0.4) is 0 Å². The molecule has 0 saturated heterocycles. The summed E-state index contributed by atoms with van der Waals surface area (Å²) in [6.45, 7) is 14.4. The molecule has 9 aromatic carbocycles. The van der Waals surface area contributed by atoms with E-state index < -0.39 is 47.2 Å². The second-order valence-corrected chi connectivity index (χ2v) is 35.7. The summed E-state index contributed by atoms with van der Waals surface area (Å²) in [5.41, 5.74) is 2.65. The third-order valence-corrected chi connectivity index (χ3v) is 24.3. The van der Waals surface area contributed by atoms with Crippen molar-refractivity contribution in [3.63, 3.8) is 0 Å². The molecule has 9 rings (SSSR count). The molecule has 0 aliphatic rings. The Morgan fingerprint density at radius 3 is 0.419 bits per heavy atom. The molecule has 0 bridgehead atoms. The molecule has 1 radical (unpaired) electrons. The quantitative estimate of drug-likeness (QED) is 0.0524. The minimum absolute atomic E-state index is 0. The molecule has 9 aromatic rings. The van der Waals surface area contributed by atoms with Crippen LogP contribution in [0.5, 0.6) is 0 Å². The van der Waals surface area contributed by atoms with Crippen molar-refractivity contribution in [1.82, 2.24) is 0 Å². The van der Waals surface area contributed by atoms with Crippen LogP contribution in [0.15, 0.2) is 273 Å². The van der Waals surface area contributed by atoms with Crippen LogP contribution >= 0.6 is 23.8 Å². The van der Waals surface area contributed by atoms with Crippen LogP contribution in [0.1, 0.15) is 0 Å². The Kier molecular flexibility index (Phi) is 31.8. The van der Waals surface area contributed by atoms with Gasteiger partial charge in [0.25, 0.3) is 0 Å². The van der Waals surface area contributed by atoms with Crippen LogP contribution in [0.4, 0.5) is 17.3 Å². The van der Waals surface area contributed by atoms with Crippen molar-refractivity contribution < 1.29 is 84.4 Å². The first kappa shape index (κ1) is 66.8. The largest absolute Gasteiger partial charge is 1.00 e. The normalized spacial score (nSPS) is 10.7. The van der Waals surface area contributed by atoms with E-state index >= 15 is 0 Å². The van der Waals surface area contributed by atoms with E-state index in [-0.39, 0.29) is 67.1 Å². The van der Waals surface area contributed by atoms with Gasteiger partial charge >= 0.3 is 52.0 Å². The number of halogens is 4. The van der Waals surface area contributed by atoms with E-state index in [1.807, 2.05) is 0 Å². The Morgan fingerprint density at radius 1 is 0.257 bits per heavy atom. The maximum absolute atomic E-state index is 9.75. The Balaban J connectivity index is 0.000000332. The molecule has 0 heterocycles. The minimum atomic E-state index is -6.00. The molecule has 0 atom stereocenters. The molecule has 0 aliphatic heterocycles. The van der Waals surface area contributed by atoms with E-state index in [1.54, 1.807) is 0 Å². The van der Waals surface area contributed by atoms with E-state index in [9.17, 15) is 17.3 Å². The second kappa shape index (κ2) is 35.2. The number of benzene rings is 9. The summed E-state index contributed by atoms with van der Waals surface area (Å²) in [6.07, 6.45) is 0. The van der Waals surface area contributed by atoms with E-state index in [0.29, 0.717) is 0 Å². The van der Waals surface area contributed by atoms with Crippen LogP contribution in [-0.4, -0.2) is 23.4 Å². The molecule has 0 aliphatic carbocycles. The first-order chi connectivity index (χ1) is 34.1. The summed E-state index contributed by atoms with van der Waals surface area (Å²) in [5.74, 6) is 0. The van der Waals surface area contributed by atoms with Crippen molar-refractivity contribution in [3.8, 4) is 0 Å². The third kappa shape index (κ3) is 25.7.